The van der Waals surface area contributed by atoms with E-state index in [1.807, 2.05) is 23.1 Å². The fourth-order valence-corrected chi connectivity index (χ4v) is 3.88. The number of amides is 1. The van der Waals surface area contributed by atoms with Crippen molar-refractivity contribution >= 4 is 28.6 Å². The number of aromatic nitrogens is 1. The fraction of sp³-hybridized carbons (Fsp3) is 0.474. The van der Waals surface area contributed by atoms with Crippen LogP contribution in [0.4, 0.5) is 0 Å². The quantitative estimate of drug-likeness (QED) is 0.751. The molecule has 0 N–H and O–H groups in total. The number of nitrogens with zero attached hydrogens (tertiary/aromatic N) is 2. The van der Waals surface area contributed by atoms with Crippen LogP contribution >= 0.6 is 11.6 Å². The third kappa shape index (κ3) is 3.07. The minimum Gasteiger partial charge on any atom is -0.440 e. The molecule has 1 saturated heterocycles. The number of rotatable bonds is 2. The van der Waals surface area contributed by atoms with Crippen LogP contribution in [0.25, 0.3) is 11.1 Å². The van der Waals surface area contributed by atoms with Crippen molar-refractivity contribution < 1.29 is 9.21 Å². The average Bonchev–Trinajstić information content (AvgIpc) is 3.05. The molecule has 1 aromatic carbocycles. The molecule has 4 nitrogen and oxygen atoms in total. The van der Waals surface area contributed by atoms with Crippen LogP contribution in [0.5, 0.6) is 0 Å². The van der Waals surface area contributed by atoms with Gasteiger partial charge in [-0.05, 0) is 50.3 Å². The number of benzene rings is 1. The van der Waals surface area contributed by atoms with Crippen molar-refractivity contribution in [1.29, 1.82) is 0 Å². The van der Waals surface area contributed by atoms with E-state index < -0.39 is 0 Å². The number of hydrogen-bond donors (Lipinski definition) is 0. The smallest absolute Gasteiger partial charge is 0.226 e. The molecule has 1 aliphatic carbocycles. The summed E-state index contributed by atoms with van der Waals surface area (Å²) in [5.74, 6) is 1.56. The van der Waals surface area contributed by atoms with E-state index in [0.29, 0.717) is 10.9 Å². The van der Waals surface area contributed by atoms with Crippen molar-refractivity contribution in [2.75, 3.05) is 13.1 Å². The highest BCUT2D eigenvalue weighted by atomic mass is 35.5. The van der Waals surface area contributed by atoms with Gasteiger partial charge in [0.05, 0.1) is 0 Å². The van der Waals surface area contributed by atoms with Gasteiger partial charge in [0.1, 0.15) is 5.52 Å². The molecule has 0 bridgehead atoms. The number of hydrogen-bond acceptors (Lipinski definition) is 3. The Morgan fingerprint density at radius 1 is 1.21 bits per heavy atom. The minimum absolute atomic E-state index is 0.179. The maximum Gasteiger partial charge on any atom is 0.226 e. The first kappa shape index (κ1) is 15.7. The van der Waals surface area contributed by atoms with Gasteiger partial charge in [-0.3, -0.25) is 4.79 Å². The molecule has 5 heteroatoms. The van der Waals surface area contributed by atoms with Crippen LogP contribution in [0.2, 0.25) is 5.02 Å². The SMILES string of the molecule is O=C([C@H]1CC=CCC1)N1CCC(c2nc3cc(Cl)ccc3o2)CC1. The number of halogens is 1. The molecule has 24 heavy (non-hydrogen) atoms. The van der Waals surface area contributed by atoms with Crippen LogP contribution in [0, 0.1) is 5.92 Å². The Bertz CT molecular complexity index is 775. The standard InChI is InChI=1S/C19H21ClN2O2/c20-15-6-7-17-16(12-15)21-18(24-17)13-8-10-22(11-9-13)19(23)14-4-2-1-3-5-14/h1-2,6-7,12-14H,3-5,8-11H2/t14-/m0/s1. The molecule has 4 rings (SSSR count). The Hall–Kier alpha value is -1.81. The third-order valence-corrected chi connectivity index (χ3v) is 5.38. The average molecular weight is 345 g/mol. The van der Waals surface area contributed by atoms with E-state index in [1.54, 1.807) is 0 Å². The maximum atomic E-state index is 12.6. The summed E-state index contributed by atoms with van der Waals surface area (Å²) >= 11 is 6.01. The monoisotopic (exact) mass is 344 g/mol. The molecule has 0 spiro atoms. The Labute approximate surface area is 146 Å². The molecule has 2 aromatic rings. The van der Waals surface area contributed by atoms with Gasteiger partial charge >= 0.3 is 0 Å². The van der Waals surface area contributed by atoms with Crippen LogP contribution in [0.3, 0.4) is 0 Å². The third-order valence-electron chi connectivity index (χ3n) is 5.14. The van der Waals surface area contributed by atoms with Gasteiger partial charge in [-0.15, -0.1) is 0 Å². The summed E-state index contributed by atoms with van der Waals surface area (Å²) in [6.07, 6.45) is 9.05. The van der Waals surface area contributed by atoms with E-state index in [9.17, 15) is 4.79 Å². The van der Waals surface area contributed by atoms with Crippen molar-refractivity contribution in [3.8, 4) is 0 Å². The first-order valence-corrected chi connectivity index (χ1v) is 9.08. The van der Waals surface area contributed by atoms with Crippen molar-refractivity contribution in [2.24, 2.45) is 5.92 Å². The maximum absolute atomic E-state index is 12.6. The lowest BCUT2D eigenvalue weighted by Crippen LogP contribution is -2.41. The summed E-state index contributed by atoms with van der Waals surface area (Å²) in [7, 11) is 0. The molecule has 2 aliphatic rings. The summed E-state index contributed by atoms with van der Waals surface area (Å²) in [5.41, 5.74) is 1.59. The summed E-state index contributed by atoms with van der Waals surface area (Å²) in [6.45, 7) is 1.59. The van der Waals surface area contributed by atoms with Crippen LogP contribution in [0.1, 0.15) is 43.9 Å². The molecule has 0 unspecified atom stereocenters. The van der Waals surface area contributed by atoms with E-state index in [0.717, 1.165) is 62.2 Å². The number of likely N-dealkylation sites (tertiary alicyclic amines) is 1. The normalized spacial score (nSPS) is 22.2. The van der Waals surface area contributed by atoms with Gasteiger partial charge in [0.25, 0.3) is 0 Å². The van der Waals surface area contributed by atoms with Crippen molar-refractivity contribution in [3.05, 3.63) is 41.3 Å². The number of piperidine rings is 1. The van der Waals surface area contributed by atoms with E-state index in [-0.39, 0.29) is 11.8 Å². The highest BCUT2D eigenvalue weighted by molar-refractivity contribution is 6.31. The number of fused-ring (bicyclic) bond motifs is 1. The molecule has 0 radical (unpaired) electrons. The summed E-state index contributed by atoms with van der Waals surface area (Å²) in [6, 6.07) is 5.52. The summed E-state index contributed by atoms with van der Waals surface area (Å²) < 4.78 is 5.89. The second kappa shape index (κ2) is 6.60. The molecular weight excluding hydrogens is 324 g/mol. The molecule has 0 saturated carbocycles. The van der Waals surface area contributed by atoms with Gasteiger partial charge in [0.2, 0.25) is 5.91 Å². The van der Waals surface area contributed by atoms with E-state index in [1.165, 1.54) is 0 Å². The van der Waals surface area contributed by atoms with Crippen molar-refractivity contribution in [3.63, 3.8) is 0 Å². The molecule has 1 aromatic heterocycles. The van der Waals surface area contributed by atoms with Crippen LogP contribution in [-0.4, -0.2) is 28.9 Å². The molecule has 1 atom stereocenters. The van der Waals surface area contributed by atoms with Crippen molar-refractivity contribution in [2.45, 2.75) is 38.0 Å². The zero-order valence-corrected chi connectivity index (χ0v) is 14.3. The minimum atomic E-state index is 0.179. The Kier molecular flexibility index (Phi) is 4.31. The predicted octanol–water partition coefficient (Wildman–Crippen LogP) is 4.54. The van der Waals surface area contributed by atoms with Gasteiger partial charge in [-0.1, -0.05) is 23.8 Å². The lowest BCUT2D eigenvalue weighted by Gasteiger charge is -2.33. The molecule has 2 heterocycles. The first-order chi connectivity index (χ1) is 11.7. The van der Waals surface area contributed by atoms with Gasteiger partial charge < -0.3 is 9.32 Å². The molecular formula is C19H21ClN2O2. The predicted molar refractivity (Wildman–Crippen MR) is 94.1 cm³/mol. The highest BCUT2D eigenvalue weighted by Gasteiger charge is 2.30. The number of carbonyl (C=O) groups excluding carboxylic acids is 1. The van der Waals surface area contributed by atoms with Gasteiger partial charge in [0, 0.05) is 29.9 Å². The van der Waals surface area contributed by atoms with Crippen LogP contribution in [-0.2, 0) is 4.79 Å². The second-order valence-corrected chi connectivity index (χ2v) is 7.18. The Morgan fingerprint density at radius 3 is 2.79 bits per heavy atom. The second-order valence-electron chi connectivity index (χ2n) is 6.75. The Morgan fingerprint density at radius 2 is 2.04 bits per heavy atom. The topological polar surface area (TPSA) is 46.3 Å². The van der Waals surface area contributed by atoms with E-state index in [2.05, 4.69) is 17.1 Å². The van der Waals surface area contributed by atoms with E-state index >= 15 is 0 Å². The fourth-order valence-electron chi connectivity index (χ4n) is 3.72. The summed E-state index contributed by atoms with van der Waals surface area (Å²) in [4.78, 5) is 19.2. The van der Waals surface area contributed by atoms with Crippen LogP contribution in [0.15, 0.2) is 34.8 Å². The molecule has 1 fully saturated rings. The van der Waals surface area contributed by atoms with Crippen molar-refractivity contribution in [1.82, 2.24) is 9.88 Å². The number of allylic oxidation sites excluding steroid dienone is 2. The number of carbonyl (C=O) groups is 1. The lowest BCUT2D eigenvalue weighted by atomic mass is 9.91. The number of oxazole rings is 1. The van der Waals surface area contributed by atoms with Gasteiger partial charge in [-0.2, -0.15) is 0 Å². The summed E-state index contributed by atoms with van der Waals surface area (Å²) in [5, 5.41) is 0.671. The van der Waals surface area contributed by atoms with Gasteiger partial charge in [0.15, 0.2) is 11.5 Å². The molecule has 1 aliphatic heterocycles. The van der Waals surface area contributed by atoms with Crippen LogP contribution < -0.4 is 0 Å². The lowest BCUT2D eigenvalue weighted by molar-refractivity contribution is -0.136. The Balaban J connectivity index is 1.41. The largest absolute Gasteiger partial charge is 0.440 e. The molecule has 126 valence electrons. The molecule has 1 amide bonds. The highest BCUT2D eigenvalue weighted by Crippen LogP contribution is 2.32. The van der Waals surface area contributed by atoms with Gasteiger partial charge in [-0.25, -0.2) is 4.98 Å². The zero-order valence-electron chi connectivity index (χ0n) is 13.6. The first-order valence-electron chi connectivity index (χ1n) is 8.70. The zero-order chi connectivity index (χ0) is 16.5. The van der Waals surface area contributed by atoms with E-state index in [4.69, 9.17) is 16.0 Å².